The first-order valence-corrected chi connectivity index (χ1v) is 23.0. The van der Waals surface area contributed by atoms with Gasteiger partial charge < -0.3 is 11.1 Å². The zero-order valence-electron chi connectivity index (χ0n) is 34.6. The van der Waals surface area contributed by atoms with Crippen LogP contribution in [0, 0.1) is 75.4 Å². The molecule has 1 heterocycles. The van der Waals surface area contributed by atoms with Crippen LogP contribution in [0.3, 0.4) is 0 Å². The first kappa shape index (κ1) is 40.1. The summed E-state index contributed by atoms with van der Waals surface area (Å²) in [4.78, 5) is 0. The highest BCUT2D eigenvalue weighted by Crippen LogP contribution is 2.59. The standard InChI is InChI=1S/C47H88N2/c1-9-16-35(5)47(33-48,24-10-2)26-23-34(4)40-21-22-41(36(40)6)39-20-19-38-30-37-17-12-14-25-46(27-28-46)32-44(45(7,8)11-3)49-29-15-13-18-42(37)43(38)31-39/h34-44,49H,9-33,48H2,1-8H3. The summed E-state index contributed by atoms with van der Waals surface area (Å²) in [5.74, 6) is 9.68. The number of nitrogens with two attached hydrogens (primary N) is 1. The lowest BCUT2D eigenvalue weighted by molar-refractivity contribution is 0.0907. The van der Waals surface area contributed by atoms with Gasteiger partial charge >= 0.3 is 0 Å². The predicted octanol–water partition coefficient (Wildman–Crippen LogP) is 13.2. The topological polar surface area (TPSA) is 38.0 Å². The lowest BCUT2D eigenvalue weighted by Crippen LogP contribution is -2.44. The van der Waals surface area contributed by atoms with Gasteiger partial charge in [-0.3, -0.25) is 0 Å². The Labute approximate surface area is 307 Å². The molecule has 5 fully saturated rings. The maximum atomic E-state index is 6.60. The SMILES string of the molecule is CCCC(C)C(CN)(CCC)CCC(C)C1CCC(C2CCC3CC4CCCCC5(CC5)CC(C(C)(C)CC)NCCCCC4C3C2)C1C. The van der Waals surface area contributed by atoms with Gasteiger partial charge in [0, 0.05) is 6.04 Å². The lowest BCUT2D eigenvalue weighted by Gasteiger charge is -2.41. The van der Waals surface area contributed by atoms with E-state index in [1.54, 1.807) is 32.1 Å². The average molecular weight is 681 g/mol. The molecule has 2 nitrogen and oxygen atoms in total. The minimum atomic E-state index is 0.368. The summed E-state index contributed by atoms with van der Waals surface area (Å²) in [6.45, 7) is 22.2. The van der Waals surface area contributed by atoms with Gasteiger partial charge in [0.25, 0.3) is 0 Å². The van der Waals surface area contributed by atoms with Crippen molar-refractivity contribution in [1.29, 1.82) is 0 Å². The van der Waals surface area contributed by atoms with E-state index in [0.29, 0.717) is 22.3 Å². The van der Waals surface area contributed by atoms with Crippen molar-refractivity contribution in [3.63, 3.8) is 0 Å². The van der Waals surface area contributed by atoms with E-state index < -0.39 is 0 Å². The van der Waals surface area contributed by atoms with Crippen LogP contribution in [0.1, 0.15) is 203 Å². The van der Waals surface area contributed by atoms with Crippen LogP contribution in [0.15, 0.2) is 0 Å². The highest BCUT2D eigenvalue weighted by molar-refractivity contribution is 5.01. The van der Waals surface area contributed by atoms with Crippen LogP contribution in [-0.4, -0.2) is 19.1 Å². The molecule has 12 unspecified atom stereocenters. The van der Waals surface area contributed by atoms with E-state index in [0.717, 1.165) is 65.7 Å². The number of hydrogen-bond donors (Lipinski definition) is 2. The van der Waals surface area contributed by atoms with E-state index in [4.69, 9.17) is 5.73 Å². The van der Waals surface area contributed by atoms with Crippen LogP contribution < -0.4 is 11.1 Å². The molecule has 0 radical (unpaired) electrons. The monoisotopic (exact) mass is 681 g/mol. The summed E-state index contributed by atoms with van der Waals surface area (Å²) < 4.78 is 0. The Bertz CT molecular complexity index is 967. The second-order valence-corrected chi connectivity index (χ2v) is 20.7. The van der Waals surface area contributed by atoms with E-state index in [-0.39, 0.29) is 0 Å². The molecule has 0 aromatic rings. The second kappa shape index (κ2) is 17.8. The number of nitrogens with one attached hydrogen (secondary N) is 1. The first-order valence-electron chi connectivity index (χ1n) is 23.0. The molecular formula is C47H88N2. The molecule has 49 heavy (non-hydrogen) atoms. The van der Waals surface area contributed by atoms with Crippen molar-refractivity contribution in [2.24, 2.45) is 81.2 Å². The highest BCUT2D eigenvalue weighted by Gasteiger charge is 2.50. The van der Waals surface area contributed by atoms with Crippen molar-refractivity contribution in [3.8, 4) is 0 Å². The Morgan fingerprint density at radius 2 is 1.45 bits per heavy atom. The summed E-state index contributed by atoms with van der Waals surface area (Å²) >= 11 is 0. The van der Waals surface area contributed by atoms with Gasteiger partial charge in [0.1, 0.15) is 0 Å². The van der Waals surface area contributed by atoms with Crippen LogP contribution in [-0.2, 0) is 0 Å². The fourth-order valence-electron chi connectivity index (χ4n) is 13.6. The molecule has 1 spiro atoms. The Hall–Kier alpha value is -0.0800. The van der Waals surface area contributed by atoms with E-state index in [1.165, 1.54) is 122 Å². The lowest BCUT2D eigenvalue weighted by atomic mass is 9.65. The molecule has 1 saturated heterocycles. The number of rotatable bonds is 13. The molecule has 0 bridgehead atoms. The zero-order valence-corrected chi connectivity index (χ0v) is 34.6. The van der Waals surface area contributed by atoms with Gasteiger partial charge in [-0.1, -0.05) is 100 Å². The Morgan fingerprint density at radius 3 is 2.12 bits per heavy atom. The van der Waals surface area contributed by atoms with Crippen molar-refractivity contribution in [1.82, 2.24) is 5.32 Å². The molecule has 1 aliphatic heterocycles. The molecule has 0 aromatic heterocycles. The first-order chi connectivity index (χ1) is 23.5. The van der Waals surface area contributed by atoms with Crippen molar-refractivity contribution >= 4 is 0 Å². The van der Waals surface area contributed by atoms with Crippen LogP contribution in [0.5, 0.6) is 0 Å². The molecule has 2 heteroatoms. The Balaban J connectivity index is 1.18. The van der Waals surface area contributed by atoms with E-state index in [1.807, 2.05) is 0 Å². The molecule has 286 valence electrons. The Morgan fingerprint density at radius 1 is 0.735 bits per heavy atom. The predicted molar refractivity (Wildman–Crippen MR) is 215 cm³/mol. The molecule has 5 aliphatic rings. The van der Waals surface area contributed by atoms with Gasteiger partial charge in [0.2, 0.25) is 0 Å². The second-order valence-electron chi connectivity index (χ2n) is 20.7. The van der Waals surface area contributed by atoms with Crippen molar-refractivity contribution in [2.45, 2.75) is 209 Å². The smallest absolute Gasteiger partial charge is 0.0123 e. The van der Waals surface area contributed by atoms with Crippen molar-refractivity contribution < 1.29 is 0 Å². The van der Waals surface area contributed by atoms with Crippen molar-refractivity contribution in [2.75, 3.05) is 13.1 Å². The summed E-state index contributed by atoms with van der Waals surface area (Å²) in [5, 5.41) is 4.17. The summed E-state index contributed by atoms with van der Waals surface area (Å²) in [7, 11) is 0. The van der Waals surface area contributed by atoms with Crippen LogP contribution in [0.4, 0.5) is 0 Å². The van der Waals surface area contributed by atoms with E-state index >= 15 is 0 Å². The minimum Gasteiger partial charge on any atom is -0.330 e. The third-order valence-electron chi connectivity index (χ3n) is 17.7. The zero-order chi connectivity index (χ0) is 35.2. The summed E-state index contributed by atoms with van der Waals surface area (Å²) in [6.07, 6.45) is 33.6. The molecule has 0 aromatic carbocycles. The van der Waals surface area contributed by atoms with E-state index in [9.17, 15) is 0 Å². The Kier molecular flexibility index (Phi) is 14.6. The van der Waals surface area contributed by atoms with Crippen LogP contribution >= 0.6 is 0 Å². The van der Waals surface area contributed by atoms with Gasteiger partial charge in [-0.25, -0.2) is 0 Å². The fraction of sp³-hybridized carbons (Fsp3) is 1.00. The molecule has 3 N–H and O–H groups in total. The van der Waals surface area contributed by atoms with Gasteiger partial charge in [0.15, 0.2) is 0 Å². The molecule has 5 rings (SSSR count). The average Bonchev–Trinajstić information content (AvgIpc) is 3.62. The highest BCUT2D eigenvalue weighted by atomic mass is 14.9. The van der Waals surface area contributed by atoms with Crippen LogP contribution in [0.2, 0.25) is 0 Å². The molecule has 4 aliphatic carbocycles. The molecule has 0 amide bonds. The van der Waals surface area contributed by atoms with Gasteiger partial charge in [-0.15, -0.1) is 0 Å². The van der Waals surface area contributed by atoms with E-state index in [2.05, 4.69) is 60.7 Å². The third-order valence-corrected chi connectivity index (χ3v) is 17.7. The fourth-order valence-corrected chi connectivity index (χ4v) is 13.6. The molecule has 12 atom stereocenters. The quantitative estimate of drug-likeness (QED) is 0.203. The normalized spacial score (nSPS) is 38.3. The third kappa shape index (κ3) is 9.54. The van der Waals surface area contributed by atoms with Gasteiger partial charge in [0.05, 0.1) is 0 Å². The number of fused-ring (bicyclic) bond motifs is 3. The van der Waals surface area contributed by atoms with Crippen LogP contribution in [0.25, 0.3) is 0 Å². The maximum Gasteiger partial charge on any atom is 0.0123 e. The number of hydrogen-bond acceptors (Lipinski definition) is 2. The minimum absolute atomic E-state index is 0.368. The van der Waals surface area contributed by atoms with Gasteiger partial charge in [-0.2, -0.15) is 0 Å². The largest absolute Gasteiger partial charge is 0.330 e. The summed E-state index contributed by atoms with van der Waals surface area (Å²) in [5.41, 5.74) is 8.07. The summed E-state index contributed by atoms with van der Waals surface area (Å²) in [6, 6.07) is 0.703. The molecular weight excluding hydrogens is 593 g/mol. The molecule has 4 saturated carbocycles. The maximum absolute atomic E-state index is 6.60. The van der Waals surface area contributed by atoms with Gasteiger partial charge in [-0.05, 0) is 191 Å². The van der Waals surface area contributed by atoms with Crippen molar-refractivity contribution in [3.05, 3.63) is 0 Å².